The molecule has 9 nitrogen and oxygen atoms in total. The molecule has 0 radical (unpaired) electrons. The summed E-state index contributed by atoms with van der Waals surface area (Å²) in [6, 6.07) is 6.08. The van der Waals surface area contributed by atoms with Crippen LogP contribution in [0.5, 0.6) is 0 Å². The summed E-state index contributed by atoms with van der Waals surface area (Å²) < 4.78 is 0. The Kier molecular flexibility index (Phi) is 4.28. The molecule has 3 heterocycles. The number of fused-ring (bicyclic) bond motifs is 2. The Morgan fingerprint density at radius 3 is 2.86 bits per heavy atom. The van der Waals surface area contributed by atoms with Crippen molar-refractivity contribution in [3.8, 4) is 11.1 Å². The van der Waals surface area contributed by atoms with Crippen LogP contribution in [0.4, 0.5) is 11.4 Å². The number of nitro groups is 1. The van der Waals surface area contributed by atoms with E-state index < -0.39 is 16.4 Å². The predicted molar refractivity (Wildman–Crippen MR) is 101 cm³/mol. The van der Waals surface area contributed by atoms with Crippen LogP contribution in [0.25, 0.3) is 11.1 Å². The lowest BCUT2D eigenvalue weighted by atomic mass is 9.99. The Balaban J connectivity index is 1.81. The summed E-state index contributed by atoms with van der Waals surface area (Å²) in [5.74, 6) is -1.08. The SMILES string of the molecule is CN1C[C@@H]2C[C@@]1(CO)CN2c1cc(-c2cnccc2C(=O)O)ccc1[N+](=O)[O-]. The summed E-state index contributed by atoms with van der Waals surface area (Å²) in [5, 5.41) is 31.0. The van der Waals surface area contributed by atoms with E-state index in [1.807, 2.05) is 11.9 Å². The Hall–Kier alpha value is -3.04. The molecule has 1 aromatic heterocycles. The molecule has 0 amide bonds. The summed E-state index contributed by atoms with van der Waals surface area (Å²) in [5.41, 5.74) is 1.05. The van der Waals surface area contributed by atoms with Crippen LogP contribution in [0.1, 0.15) is 16.8 Å². The number of pyridine rings is 1. The van der Waals surface area contributed by atoms with Crippen molar-refractivity contribution < 1.29 is 19.9 Å². The fourth-order valence-corrected chi connectivity index (χ4v) is 4.41. The van der Waals surface area contributed by atoms with Crippen molar-refractivity contribution in [3.63, 3.8) is 0 Å². The van der Waals surface area contributed by atoms with E-state index in [0.29, 0.717) is 29.9 Å². The van der Waals surface area contributed by atoms with E-state index in [-0.39, 0.29) is 23.9 Å². The largest absolute Gasteiger partial charge is 0.478 e. The molecule has 0 unspecified atom stereocenters. The van der Waals surface area contributed by atoms with Crippen LogP contribution in [-0.4, -0.2) is 69.3 Å². The Morgan fingerprint density at radius 2 is 2.21 bits per heavy atom. The number of nitrogens with zero attached hydrogens (tertiary/aromatic N) is 4. The number of carboxylic acids is 1. The van der Waals surface area contributed by atoms with Crippen LogP contribution in [0.3, 0.4) is 0 Å². The number of carboxylic acid groups (broad SMARTS) is 1. The first-order valence-electron chi connectivity index (χ1n) is 8.91. The number of likely N-dealkylation sites (N-methyl/N-ethyl adjacent to an activating group) is 1. The van der Waals surface area contributed by atoms with Gasteiger partial charge >= 0.3 is 5.97 Å². The van der Waals surface area contributed by atoms with Crippen molar-refractivity contribution in [1.29, 1.82) is 0 Å². The minimum absolute atomic E-state index is 0.0181. The molecule has 2 fully saturated rings. The lowest BCUT2D eigenvalue weighted by molar-refractivity contribution is -0.384. The number of hydrogen-bond acceptors (Lipinski definition) is 7. The van der Waals surface area contributed by atoms with E-state index in [1.54, 1.807) is 12.1 Å². The standard InChI is InChI=1S/C19H20N4O5/c1-21-9-13-7-19(21,11-24)10-22(13)17-6-12(2-3-16(17)23(27)28)15-8-20-5-4-14(15)18(25)26/h2-6,8,13,24H,7,9-11H2,1H3,(H,25,26)/t13-,19-/m0/s1. The van der Waals surface area contributed by atoms with Crippen LogP contribution in [0, 0.1) is 10.1 Å². The number of aliphatic hydroxyl groups is 1. The zero-order valence-electron chi connectivity index (χ0n) is 15.3. The summed E-state index contributed by atoms with van der Waals surface area (Å²) in [4.78, 5) is 30.8. The fourth-order valence-electron chi connectivity index (χ4n) is 4.41. The fraction of sp³-hybridized carbons (Fsp3) is 0.368. The third-order valence-electron chi connectivity index (χ3n) is 5.95. The lowest BCUT2D eigenvalue weighted by Crippen LogP contribution is -2.54. The van der Waals surface area contributed by atoms with Gasteiger partial charge < -0.3 is 15.1 Å². The van der Waals surface area contributed by atoms with Gasteiger partial charge in [-0.05, 0) is 37.2 Å². The Labute approximate surface area is 161 Å². The van der Waals surface area contributed by atoms with Crippen molar-refractivity contribution in [2.24, 2.45) is 0 Å². The van der Waals surface area contributed by atoms with Crippen molar-refractivity contribution >= 4 is 17.3 Å². The van der Waals surface area contributed by atoms with Gasteiger partial charge in [-0.15, -0.1) is 0 Å². The maximum Gasteiger partial charge on any atom is 0.336 e. The highest BCUT2D eigenvalue weighted by Crippen LogP contribution is 2.45. The molecule has 146 valence electrons. The van der Waals surface area contributed by atoms with Gasteiger partial charge in [-0.25, -0.2) is 4.79 Å². The van der Waals surface area contributed by atoms with Gasteiger partial charge in [0, 0.05) is 43.2 Å². The number of rotatable bonds is 5. The molecule has 2 aromatic rings. The van der Waals surface area contributed by atoms with Gasteiger partial charge in [0.1, 0.15) is 5.69 Å². The van der Waals surface area contributed by atoms with E-state index in [1.165, 1.54) is 24.5 Å². The van der Waals surface area contributed by atoms with Crippen LogP contribution in [0.15, 0.2) is 36.7 Å². The number of carbonyl (C=O) groups is 1. The molecule has 2 aliphatic heterocycles. The second-order valence-electron chi connectivity index (χ2n) is 7.44. The molecule has 2 N–H and O–H groups in total. The first-order valence-corrected chi connectivity index (χ1v) is 8.91. The maximum absolute atomic E-state index is 11.6. The van der Waals surface area contributed by atoms with E-state index in [4.69, 9.17) is 0 Å². The first kappa shape index (κ1) is 18.3. The number of benzene rings is 1. The number of aromatic carboxylic acids is 1. The second kappa shape index (κ2) is 6.54. The van der Waals surface area contributed by atoms with Gasteiger partial charge in [0.2, 0.25) is 0 Å². The highest BCUT2D eigenvalue weighted by molar-refractivity contribution is 5.96. The molecular formula is C19H20N4O5. The number of nitro benzene ring substituents is 1. The number of piperazine rings is 1. The average Bonchev–Trinajstić information content (AvgIpc) is 3.22. The van der Waals surface area contributed by atoms with Crippen molar-refractivity contribution in [1.82, 2.24) is 9.88 Å². The van der Waals surface area contributed by atoms with Crippen molar-refractivity contribution in [2.45, 2.75) is 18.0 Å². The molecular weight excluding hydrogens is 364 g/mol. The third kappa shape index (κ3) is 2.71. The number of aliphatic hydroxyl groups excluding tert-OH is 1. The van der Waals surface area contributed by atoms with Gasteiger partial charge in [-0.2, -0.15) is 0 Å². The Bertz CT molecular complexity index is 965. The zero-order valence-corrected chi connectivity index (χ0v) is 15.3. The average molecular weight is 384 g/mol. The topological polar surface area (TPSA) is 120 Å². The molecule has 1 aromatic carbocycles. The molecule has 0 spiro atoms. The van der Waals surface area contributed by atoms with Gasteiger partial charge in [0.05, 0.1) is 22.6 Å². The number of likely N-dealkylation sites (tertiary alicyclic amines) is 1. The zero-order chi connectivity index (χ0) is 20.1. The van der Waals surface area contributed by atoms with Gasteiger partial charge in [-0.3, -0.25) is 20.0 Å². The van der Waals surface area contributed by atoms with Crippen LogP contribution < -0.4 is 4.90 Å². The van der Waals surface area contributed by atoms with Gasteiger partial charge in [-0.1, -0.05) is 0 Å². The third-order valence-corrected chi connectivity index (χ3v) is 5.95. The van der Waals surface area contributed by atoms with Crippen LogP contribution in [-0.2, 0) is 0 Å². The van der Waals surface area contributed by atoms with Crippen LogP contribution >= 0.6 is 0 Å². The Morgan fingerprint density at radius 1 is 1.43 bits per heavy atom. The van der Waals surface area contributed by atoms with E-state index >= 15 is 0 Å². The number of aromatic nitrogens is 1. The quantitative estimate of drug-likeness (QED) is 0.589. The summed E-state index contributed by atoms with van der Waals surface area (Å²) >= 11 is 0. The van der Waals surface area contributed by atoms with Crippen LogP contribution in [0.2, 0.25) is 0 Å². The molecule has 2 aliphatic rings. The molecule has 0 saturated carbocycles. The molecule has 2 bridgehead atoms. The molecule has 9 heteroatoms. The summed E-state index contributed by atoms with van der Waals surface area (Å²) in [7, 11) is 1.95. The molecule has 28 heavy (non-hydrogen) atoms. The molecule has 2 atom stereocenters. The lowest BCUT2D eigenvalue weighted by Gasteiger charge is -2.39. The summed E-state index contributed by atoms with van der Waals surface area (Å²) in [6.07, 6.45) is 3.59. The predicted octanol–water partition coefficient (Wildman–Crippen LogP) is 1.61. The van der Waals surface area contributed by atoms with Gasteiger partial charge in [0.25, 0.3) is 5.69 Å². The minimum Gasteiger partial charge on any atom is -0.478 e. The maximum atomic E-state index is 11.6. The highest BCUT2D eigenvalue weighted by Gasteiger charge is 2.53. The summed E-state index contributed by atoms with van der Waals surface area (Å²) in [6.45, 7) is 1.17. The highest BCUT2D eigenvalue weighted by atomic mass is 16.6. The minimum atomic E-state index is -1.08. The second-order valence-corrected chi connectivity index (χ2v) is 7.44. The smallest absolute Gasteiger partial charge is 0.336 e. The molecule has 2 saturated heterocycles. The van der Waals surface area contributed by atoms with Crippen molar-refractivity contribution in [2.75, 3.05) is 31.6 Å². The number of anilines is 1. The number of hydrogen-bond donors (Lipinski definition) is 2. The van der Waals surface area contributed by atoms with Crippen molar-refractivity contribution in [3.05, 3.63) is 52.3 Å². The van der Waals surface area contributed by atoms with Gasteiger partial charge in [0.15, 0.2) is 0 Å². The van der Waals surface area contributed by atoms with E-state index in [2.05, 4.69) is 9.88 Å². The monoisotopic (exact) mass is 384 g/mol. The van der Waals surface area contributed by atoms with E-state index in [9.17, 15) is 25.1 Å². The normalized spacial score (nSPS) is 23.9. The first-order chi connectivity index (χ1) is 13.4. The van der Waals surface area contributed by atoms with E-state index in [0.717, 1.165) is 6.42 Å². The molecule has 4 rings (SSSR count). The molecule has 0 aliphatic carbocycles.